The Balaban J connectivity index is 1.54. The zero-order valence-electron chi connectivity index (χ0n) is 14.2. The highest BCUT2D eigenvalue weighted by Gasteiger charge is 2.38. The van der Waals surface area contributed by atoms with E-state index in [2.05, 4.69) is 24.3 Å². The number of carboxylic acids is 1. The normalized spacial score (nSPS) is 25.4. The highest BCUT2D eigenvalue weighted by Crippen LogP contribution is 2.33. The van der Waals surface area contributed by atoms with Gasteiger partial charge in [-0.2, -0.15) is 0 Å². The quantitative estimate of drug-likeness (QED) is 0.921. The Morgan fingerprint density at radius 1 is 0.958 bits per heavy atom. The molecule has 4 nitrogen and oxygen atoms in total. The van der Waals surface area contributed by atoms with E-state index in [9.17, 15) is 14.7 Å². The maximum Gasteiger partial charge on any atom is 0.307 e. The third-order valence-corrected chi connectivity index (χ3v) is 5.69. The second-order valence-electron chi connectivity index (χ2n) is 7.29. The first kappa shape index (κ1) is 17.0. The van der Waals surface area contributed by atoms with Crippen LogP contribution < -0.4 is 0 Å². The van der Waals surface area contributed by atoms with Gasteiger partial charge in [-0.25, -0.2) is 0 Å². The molecule has 1 saturated heterocycles. The Morgan fingerprint density at radius 3 is 2.21 bits per heavy atom. The standard InChI is InChI=1S/C20H27NO3/c22-19(17-8-4-5-9-18(17)20(23)24)21-12-10-16(11-13-21)14-15-6-2-1-3-7-15/h1-3,6-7,16-18H,4-5,8-14H2,(H,23,24)/t17-,18-/m1/s1. The molecule has 0 unspecified atom stereocenters. The fourth-order valence-corrected chi connectivity index (χ4v) is 4.26. The van der Waals surface area contributed by atoms with Gasteiger partial charge in [0.05, 0.1) is 11.8 Å². The molecule has 24 heavy (non-hydrogen) atoms. The fraction of sp³-hybridized carbons (Fsp3) is 0.600. The van der Waals surface area contributed by atoms with E-state index in [0.717, 1.165) is 51.6 Å². The molecule has 1 N–H and O–H groups in total. The van der Waals surface area contributed by atoms with Crippen molar-refractivity contribution in [1.29, 1.82) is 0 Å². The second kappa shape index (κ2) is 7.82. The number of carbonyl (C=O) groups excluding carboxylic acids is 1. The van der Waals surface area contributed by atoms with Crippen molar-refractivity contribution in [2.24, 2.45) is 17.8 Å². The molecule has 3 rings (SSSR count). The van der Waals surface area contributed by atoms with Crippen LogP contribution in [0.25, 0.3) is 0 Å². The molecule has 2 atom stereocenters. The van der Waals surface area contributed by atoms with Gasteiger partial charge in [0, 0.05) is 13.1 Å². The molecule has 2 fully saturated rings. The number of amides is 1. The summed E-state index contributed by atoms with van der Waals surface area (Å²) in [7, 11) is 0. The number of piperidine rings is 1. The molecule has 0 spiro atoms. The lowest BCUT2D eigenvalue weighted by Gasteiger charge is -2.37. The van der Waals surface area contributed by atoms with Crippen LogP contribution in [0.3, 0.4) is 0 Å². The number of nitrogens with zero attached hydrogens (tertiary/aromatic N) is 1. The van der Waals surface area contributed by atoms with Gasteiger partial charge in [0.15, 0.2) is 0 Å². The molecule has 1 aromatic carbocycles. The molecule has 1 amide bonds. The van der Waals surface area contributed by atoms with Gasteiger partial charge < -0.3 is 10.0 Å². The lowest BCUT2D eigenvalue weighted by molar-refractivity contribution is -0.152. The Labute approximate surface area is 143 Å². The largest absolute Gasteiger partial charge is 0.481 e. The van der Waals surface area contributed by atoms with Crippen LogP contribution in [0.5, 0.6) is 0 Å². The summed E-state index contributed by atoms with van der Waals surface area (Å²) >= 11 is 0. The number of carboxylic acid groups (broad SMARTS) is 1. The van der Waals surface area contributed by atoms with Gasteiger partial charge in [-0.1, -0.05) is 43.2 Å². The summed E-state index contributed by atoms with van der Waals surface area (Å²) in [5, 5.41) is 9.39. The predicted octanol–water partition coefficient (Wildman–Crippen LogP) is 3.36. The molecule has 4 heteroatoms. The van der Waals surface area contributed by atoms with E-state index in [-0.39, 0.29) is 11.8 Å². The van der Waals surface area contributed by atoms with E-state index in [1.54, 1.807) is 0 Å². The molecule has 0 aromatic heterocycles. The van der Waals surface area contributed by atoms with Crippen LogP contribution in [0.1, 0.15) is 44.1 Å². The van der Waals surface area contributed by atoms with E-state index in [4.69, 9.17) is 0 Å². The van der Waals surface area contributed by atoms with Crippen LogP contribution in [0.4, 0.5) is 0 Å². The maximum absolute atomic E-state index is 12.8. The fourth-order valence-electron chi connectivity index (χ4n) is 4.26. The Hall–Kier alpha value is -1.84. The van der Waals surface area contributed by atoms with Crippen molar-refractivity contribution >= 4 is 11.9 Å². The minimum atomic E-state index is -0.799. The highest BCUT2D eigenvalue weighted by molar-refractivity contribution is 5.85. The molecule has 130 valence electrons. The zero-order chi connectivity index (χ0) is 16.9. The molecule has 2 aliphatic rings. The molecule has 1 aromatic rings. The van der Waals surface area contributed by atoms with Crippen LogP contribution >= 0.6 is 0 Å². The van der Waals surface area contributed by atoms with Gasteiger partial charge in [0.2, 0.25) is 5.91 Å². The van der Waals surface area contributed by atoms with Crippen LogP contribution in [0.2, 0.25) is 0 Å². The average Bonchev–Trinajstić information content (AvgIpc) is 2.62. The number of hydrogen-bond donors (Lipinski definition) is 1. The first-order valence-corrected chi connectivity index (χ1v) is 9.20. The summed E-state index contributed by atoms with van der Waals surface area (Å²) in [5.74, 6) is -0.874. The third kappa shape index (κ3) is 3.97. The molecule has 1 aliphatic heterocycles. The number of rotatable bonds is 4. The third-order valence-electron chi connectivity index (χ3n) is 5.69. The molecule has 0 bridgehead atoms. The van der Waals surface area contributed by atoms with Crippen molar-refractivity contribution in [3.05, 3.63) is 35.9 Å². The highest BCUT2D eigenvalue weighted by atomic mass is 16.4. The van der Waals surface area contributed by atoms with Crippen molar-refractivity contribution in [1.82, 2.24) is 4.90 Å². The monoisotopic (exact) mass is 329 g/mol. The van der Waals surface area contributed by atoms with E-state index >= 15 is 0 Å². The predicted molar refractivity (Wildman–Crippen MR) is 92.5 cm³/mol. The first-order valence-electron chi connectivity index (χ1n) is 9.20. The van der Waals surface area contributed by atoms with Crippen LogP contribution in [0.15, 0.2) is 30.3 Å². The van der Waals surface area contributed by atoms with Gasteiger partial charge in [0.25, 0.3) is 0 Å². The summed E-state index contributed by atoms with van der Waals surface area (Å²) in [6.07, 6.45) is 6.40. The maximum atomic E-state index is 12.8. The van der Waals surface area contributed by atoms with Gasteiger partial charge in [-0.05, 0) is 43.6 Å². The second-order valence-corrected chi connectivity index (χ2v) is 7.29. The smallest absolute Gasteiger partial charge is 0.307 e. The number of aliphatic carboxylic acids is 1. The van der Waals surface area contributed by atoms with E-state index in [1.165, 1.54) is 5.56 Å². The molecule has 1 saturated carbocycles. The summed E-state index contributed by atoms with van der Waals surface area (Å²) in [4.78, 5) is 26.2. The molecule has 1 heterocycles. The number of likely N-dealkylation sites (tertiary alicyclic amines) is 1. The Kier molecular flexibility index (Phi) is 5.54. The van der Waals surface area contributed by atoms with Crippen molar-refractivity contribution in [2.45, 2.75) is 44.9 Å². The number of carbonyl (C=O) groups is 2. The summed E-state index contributed by atoms with van der Waals surface area (Å²) in [6, 6.07) is 10.5. The van der Waals surface area contributed by atoms with Gasteiger partial charge >= 0.3 is 5.97 Å². The van der Waals surface area contributed by atoms with Gasteiger partial charge in [-0.15, -0.1) is 0 Å². The number of benzene rings is 1. The minimum Gasteiger partial charge on any atom is -0.481 e. The molecular weight excluding hydrogens is 302 g/mol. The van der Waals surface area contributed by atoms with E-state index < -0.39 is 11.9 Å². The Morgan fingerprint density at radius 2 is 1.58 bits per heavy atom. The van der Waals surface area contributed by atoms with E-state index in [1.807, 2.05) is 11.0 Å². The lowest BCUT2D eigenvalue weighted by atomic mass is 9.78. The summed E-state index contributed by atoms with van der Waals surface area (Å²) < 4.78 is 0. The first-order chi connectivity index (χ1) is 11.6. The summed E-state index contributed by atoms with van der Waals surface area (Å²) in [6.45, 7) is 1.55. The van der Waals surface area contributed by atoms with Crippen molar-refractivity contribution in [3.63, 3.8) is 0 Å². The van der Waals surface area contributed by atoms with Crippen LogP contribution in [-0.2, 0) is 16.0 Å². The minimum absolute atomic E-state index is 0.0836. The molecule has 1 aliphatic carbocycles. The van der Waals surface area contributed by atoms with Crippen LogP contribution in [0, 0.1) is 17.8 Å². The topological polar surface area (TPSA) is 57.6 Å². The zero-order valence-corrected chi connectivity index (χ0v) is 14.2. The Bertz CT molecular complexity index is 564. The van der Waals surface area contributed by atoms with Crippen molar-refractivity contribution in [3.8, 4) is 0 Å². The molecule has 0 radical (unpaired) electrons. The SMILES string of the molecule is O=C(O)[C@@H]1CCCC[C@H]1C(=O)N1CCC(Cc2ccccc2)CC1. The van der Waals surface area contributed by atoms with Crippen LogP contribution in [-0.4, -0.2) is 35.0 Å². The van der Waals surface area contributed by atoms with Gasteiger partial charge in [0.1, 0.15) is 0 Å². The molecular formula is C20H27NO3. The van der Waals surface area contributed by atoms with Gasteiger partial charge in [-0.3, -0.25) is 9.59 Å². The average molecular weight is 329 g/mol. The van der Waals surface area contributed by atoms with Crippen molar-refractivity contribution in [2.75, 3.05) is 13.1 Å². The summed E-state index contributed by atoms with van der Waals surface area (Å²) in [5.41, 5.74) is 1.36. The lowest BCUT2D eigenvalue weighted by Crippen LogP contribution is -2.46. The van der Waals surface area contributed by atoms with E-state index in [0.29, 0.717) is 12.3 Å². The number of hydrogen-bond acceptors (Lipinski definition) is 2. The van der Waals surface area contributed by atoms with Crippen molar-refractivity contribution < 1.29 is 14.7 Å².